The Morgan fingerprint density at radius 3 is 2.55 bits per heavy atom. The summed E-state index contributed by atoms with van der Waals surface area (Å²) in [6, 6.07) is 7.37. The summed E-state index contributed by atoms with van der Waals surface area (Å²) in [4.78, 5) is 15.9. The highest BCUT2D eigenvalue weighted by Crippen LogP contribution is 2.20. The zero-order valence-corrected chi connectivity index (χ0v) is 11.5. The molecular weight excluding hydrogens is 257 g/mol. The molecule has 1 aliphatic heterocycles. The fraction of sp³-hybridized carbons (Fsp3) is 0.533. The first-order valence-electron chi connectivity index (χ1n) is 7.24. The van der Waals surface area contributed by atoms with E-state index in [0.29, 0.717) is 44.5 Å². The zero-order chi connectivity index (χ0) is 13.9. The van der Waals surface area contributed by atoms with E-state index in [9.17, 15) is 9.18 Å². The lowest BCUT2D eigenvalue weighted by Gasteiger charge is -2.36. The second-order valence-corrected chi connectivity index (χ2v) is 5.47. The number of hydrogen-bond donors (Lipinski definition) is 1. The lowest BCUT2D eigenvalue weighted by molar-refractivity contribution is -0.130. The monoisotopic (exact) mass is 277 g/mol. The minimum atomic E-state index is -0.192. The van der Waals surface area contributed by atoms with Crippen molar-refractivity contribution in [3.8, 4) is 0 Å². The molecule has 0 bridgehead atoms. The Morgan fingerprint density at radius 1 is 1.20 bits per heavy atom. The quantitative estimate of drug-likeness (QED) is 0.899. The molecule has 1 heterocycles. The number of halogens is 1. The fourth-order valence-corrected chi connectivity index (χ4v) is 2.54. The molecule has 2 aliphatic rings. The molecule has 1 N–H and O–H groups in total. The number of nitrogens with one attached hydrogen (secondary N) is 1. The van der Waals surface area contributed by atoms with E-state index in [1.165, 1.54) is 18.9 Å². The molecule has 0 unspecified atom stereocenters. The van der Waals surface area contributed by atoms with Crippen molar-refractivity contribution in [1.82, 2.24) is 10.2 Å². The van der Waals surface area contributed by atoms with Crippen LogP contribution in [0.4, 0.5) is 10.1 Å². The Labute approximate surface area is 118 Å². The van der Waals surface area contributed by atoms with Gasteiger partial charge in [-0.15, -0.1) is 0 Å². The molecule has 0 atom stereocenters. The standard InChI is InChI=1S/C15H20FN3O/c16-13-3-1-2-4-14(13)18-7-9-19(10-8-18)15(20)11-17-12-5-6-12/h1-4,12,17H,5-11H2. The molecule has 0 aromatic heterocycles. The molecule has 2 fully saturated rings. The van der Waals surface area contributed by atoms with Crippen LogP contribution in [-0.4, -0.2) is 49.6 Å². The Balaban J connectivity index is 1.51. The molecule has 0 radical (unpaired) electrons. The first kappa shape index (κ1) is 13.4. The highest BCUT2D eigenvalue weighted by Gasteiger charge is 2.25. The molecule has 3 rings (SSSR count). The number of carbonyl (C=O) groups excluding carboxylic acids is 1. The van der Waals surface area contributed by atoms with Crippen LogP contribution in [0.25, 0.3) is 0 Å². The third-order valence-electron chi connectivity index (χ3n) is 3.94. The van der Waals surface area contributed by atoms with Crippen molar-refractivity contribution in [1.29, 1.82) is 0 Å². The van der Waals surface area contributed by atoms with Gasteiger partial charge in [-0.2, -0.15) is 0 Å². The number of piperazine rings is 1. The molecule has 108 valence electrons. The van der Waals surface area contributed by atoms with Gasteiger partial charge in [0.15, 0.2) is 0 Å². The van der Waals surface area contributed by atoms with Crippen molar-refractivity contribution < 1.29 is 9.18 Å². The normalized spacial score (nSPS) is 19.2. The first-order chi connectivity index (χ1) is 9.74. The van der Waals surface area contributed by atoms with E-state index in [1.807, 2.05) is 15.9 Å². The van der Waals surface area contributed by atoms with Gasteiger partial charge in [-0.1, -0.05) is 12.1 Å². The molecule has 20 heavy (non-hydrogen) atoms. The van der Waals surface area contributed by atoms with E-state index >= 15 is 0 Å². The molecule has 1 aromatic rings. The average molecular weight is 277 g/mol. The number of para-hydroxylation sites is 1. The van der Waals surface area contributed by atoms with Gasteiger partial charge in [0.05, 0.1) is 12.2 Å². The summed E-state index contributed by atoms with van der Waals surface area (Å²) in [7, 11) is 0. The molecule has 0 spiro atoms. The Morgan fingerprint density at radius 2 is 1.90 bits per heavy atom. The van der Waals surface area contributed by atoms with Gasteiger partial charge in [0, 0.05) is 32.2 Å². The summed E-state index contributed by atoms with van der Waals surface area (Å²) in [6.45, 7) is 3.15. The molecule has 1 saturated heterocycles. The Bertz CT molecular complexity index is 482. The smallest absolute Gasteiger partial charge is 0.236 e. The van der Waals surface area contributed by atoms with Crippen molar-refractivity contribution in [2.75, 3.05) is 37.6 Å². The van der Waals surface area contributed by atoms with Gasteiger partial charge in [0.2, 0.25) is 5.91 Å². The second kappa shape index (κ2) is 5.79. The van der Waals surface area contributed by atoms with Gasteiger partial charge in [0.1, 0.15) is 5.82 Å². The summed E-state index contributed by atoms with van der Waals surface area (Å²) in [5.41, 5.74) is 0.635. The Hall–Kier alpha value is -1.62. The number of hydrogen-bond acceptors (Lipinski definition) is 3. The average Bonchev–Trinajstić information content (AvgIpc) is 3.30. The van der Waals surface area contributed by atoms with Crippen molar-refractivity contribution in [2.24, 2.45) is 0 Å². The molecule has 5 heteroatoms. The summed E-state index contributed by atoms with van der Waals surface area (Å²) in [5.74, 6) is -0.0345. The fourth-order valence-electron chi connectivity index (χ4n) is 2.54. The maximum atomic E-state index is 13.7. The SMILES string of the molecule is O=C(CNC1CC1)N1CCN(c2ccccc2F)CC1. The van der Waals surface area contributed by atoms with Crippen LogP contribution >= 0.6 is 0 Å². The Kier molecular flexibility index (Phi) is 3.87. The predicted molar refractivity (Wildman–Crippen MR) is 76.2 cm³/mol. The predicted octanol–water partition coefficient (Wildman–Crippen LogP) is 1.23. The van der Waals surface area contributed by atoms with Crippen LogP contribution in [-0.2, 0) is 4.79 Å². The lowest BCUT2D eigenvalue weighted by atomic mass is 10.2. The number of rotatable bonds is 4. The van der Waals surface area contributed by atoms with Gasteiger partial charge in [0.25, 0.3) is 0 Å². The third-order valence-corrected chi connectivity index (χ3v) is 3.94. The first-order valence-corrected chi connectivity index (χ1v) is 7.24. The van der Waals surface area contributed by atoms with Crippen LogP contribution in [0.3, 0.4) is 0 Å². The molecular formula is C15H20FN3O. The zero-order valence-electron chi connectivity index (χ0n) is 11.5. The molecule has 1 aromatic carbocycles. The van der Waals surface area contributed by atoms with E-state index < -0.39 is 0 Å². The molecule has 1 aliphatic carbocycles. The van der Waals surface area contributed by atoms with Gasteiger partial charge in [-0.3, -0.25) is 4.79 Å². The van der Waals surface area contributed by atoms with E-state index in [2.05, 4.69) is 5.32 Å². The maximum Gasteiger partial charge on any atom is 0.236 e. The van der Waals surface area contributed by atoms with E-state index in [4.69, 9.17) is 0 Å². The topological polar surface area (TPSA) is 35.6 Å². The van der Waals surface area contributed by atoms with Crippen LogP contribution in [0.15, 0.2) is 24.3 Å². The number of amides is 1. The number of carbonyl (C=O) groups is 1. The number of anilines is 1. The van der Waals surface area contributed by atoms with Gasteiger partial charge in [-0.05, 0) is 25.0 Å². The highest BCUT2D eigenvalue weighted by atomic mass is 19.1. The summed E-state index contributed by atoms with van der Waals surface area (Å²) in [6.07, 6.45) is 2.38. The maximum absolute atomic E-state index is 13.7. The highest BCUT2D eigenvalue weighted by molar-refractivity contribution is 5.78. The minimum Gasteiger partial charge on any atom is -0.366 e. The van der Waals surface area contributed by atoms with Crippen molar-refractivity contribution >= 4 is 11.6 Å². The van der Waals surface area contributed by atoms with Gasteiger partial charge in [-0.25, -0.2) is 4.39 Å². The third kappa shape index (κ3) is 3.10. The van der Waals surface area contributed by atoms with Crippen molar-refractivity contribution in [3.63, 3.8) is 0 Å². The van der Waals surface area contributed by atoms with Crippen molar-refractivity contribution in [2.45, 2.75) is 18.9 Å². The lowest BCUT2D eigenvalue weighted by Crippen LogP contribution is -2.51. The molecule has 4 nitrogen and oxygen atoms in total. The van der Waals surface area contributed by atoms with Gasteiger partial charge >= 0.3 is 0 Å². The van der Waals surface area contributed by atoms with E-state index in [-0.39, 0.29) is 11.7 Å². The minimum absolute atomic E-state index is 0.157. The second-order valence-electron chi connectivity index (χ2n) is 5.47. The summed E-state index contributed by atoms with van der Waals surface area (Å²) in [5, 5.41) is 3.24. The van der Waals surface area contributed by atoms with Crippen LogP contribution in [0, 0.1) is 5.82 Å². The van der Waals surface area contributed by atoms with Crippen LogP contribution in [0.5, 0.6) is 0 Å². The molecule has 1 saturated carbocycles. The van der Waals surface area contributed by atoms with Crippen LogP contribution < -0.4 is 10.2 Å². The number of nitrogens with zero attached hydrogens (tertiary/aromatic N) is 2. The van der Waals surface area contributed by atoms with Crippen LogP contribution in [0.1, 0.15) is 12.8 Å². The summed E-state index contributed by atoms with van der Waals surface area (Å²) >= 11 is 0. The molecule has 1 amide bonds. The summed E-state index contributed by atoms with van der Waals surface area (Å²) < 4.78 is 13.7. The van der Waals surface area contributed by atoms with Gasteiger partial charge < -0.3 is 15.1 Å². The largest absolute Gasteiger partial charge is 0.366 e. The van der Waals surface area contributed by atoms with E-state index in [0.717, 1.165) is 0 Å². The van der Waals surface area contributed by atoms with E-state index in [1.54, 1.807) is 12.1 Å². The van der Waals surface area contributed by atoms with Crippen LogP contribution in [0.2, 0.25) is 0 Å². The number of benzene rings is 1. The van der Waals surface area contributed by atoms with Crippen molar-refractivity contribution in [3.05, 3.63) is 30.1 Å².